The number of ether oxygens (including phenoxy) is 5. The molecule has 182 valence electrons. The predicted molar refractivity (Wildman–Crippen MR) is 125 cm³/mol. The number of fused-ring (bicyclic) bond motifs is 3. The van der Waals surface area contributed by atoms with Crippen molar-refractivity contribution in [2.24, 2.45) is 0 Å². The van der Waals surface area contributed by atoms with Gasteiger partial charge in [-0.2, -0.15) is 0 Å². The Kier molecular flexibility index (Phi) is 5.32. The second kappa shape index (κ2) is 8.67. The van der Waals surface area contributed by atoms with Gasteiger partial charge in [0.25, 0.3) is 0 Å². The zero-order valence-electron chi connectivity index (χ0n) is 19.1. The highest BCUT2D eigenvalue weighted by Gasteiger charge is 2.30. The Hall–Kier alpha value is -4.40. The van der Waals surface area contributed by atoms with E-state index in [0.29, 0.717) is 63.9 Å². The lowest BCUT2D eigenvalue weighted by Gasteiger charge is -2.20. The summed E-state index contributed by atoms with van der Waals surface area (Å²) in [7, 11) is 1.47. The van der Waals surface area contributed by atoms with Crippen LogP contribution in [0.5, 0.6) is 23.0 Å². The van der Waals surface area contributed by atoms with Gasteiger partial charge in [0.15, 0.2) is 34.6 Å². The fourth-order valence-electron chi connectivity index (χ4n) is 4.44. The summed E-state index contributed by atoms with van der Waals surface area (Å²) in [6.45, 7) is 0.714. The van der Waals surface area contributed by atoms with Gasteiger partial charge in [-0.3, -0.25) is 0 Å². The Morgan fingerprint density at radius 2 is 1.78 bits per heavy atom. The van der Waals surface area contributed by atoms with Gasteiger partial charge in [0.1, 0.15) is 26.4 Å². The molecule has 0 spiro atoms. The molecular weight excluding hydrogens is 472 g/mol. The number of cyclic esters (lactones) is 1. The molecular formula is C27H19F2NO6. The quantitative estimate of drug-likeness (QED) is 0.355. The third-order valence-electron chi connectivity index (χ3n) is 6.13. The van der Waals surface area contributed by atoms with Gasteiger partial charge in [0, 0.05) is 22.6 Å². The lowest BCUT2D eigenvalue weighted by molar-refractivity contribution is 0.0534. The van der Waals surface area contributed by atoms with Gasteiger partial charge in [-0.05, 0) is 29.8 Å². The minimum atomic E-state index is -0.968. The van der Waals surface area contributed by atoms with Crippen molar-refractivity contribution in [2.75, 3.05) is 20.3 Å². The van der Waals surface area contributed by atoms with Gasteiger partial charge in [0.05, 0.1) is 23.9 Å². The van der Waals surface area contributed by atoms with Gasteiger partial charge in [-0.1, -0.05) is 18.2 Å². The minimum absolute atomic E-state index is 0.0401. The van der Waals surface area contributed by atoms with Crippen molar-refractivity contribution in [1.29, 1.82) is 0 Å². The first kappa shape index (κ1) is 22.1. The Morgan fingerprint density at radius 1 is 0.944 bits per heavy atom. The SMILES string of the molecule is COc1cc2c(-c3ccc4c(c3)OCCO4)c3c(nc2cc1OCc1cccc(F)c1F)COC3=O. The van der Waals surface area contributed by atoms with Crippen LogP contribution in [0.1, 0.15) is 21.6 Å². The number of carbonyl (C=O) groups is 1. The van der Waals surface area contributed by atoms with Crippen LogP contribution in [0.4, 0.5) is 8.78 Å². The maximum atomic E-state index is 14.1. The first-order valence-corrected chi connectivity index (χ1v) is 11.2. The third kappa shape index (κ3) is 3.64. The number of esters is 1. The van der Waals surface area contributed by atoms with Crippen molar-refractivity contribution in [3.63, 3.8) is 0 Å². The van der Waals surface area contributed by atoms with Crippen LogP contribution in [0, 0.1) is 11.6 Å². The Morgan fingerprint density at radius 3 is 2.61 bits per heavy atom. The van der Waals surface area contributed by atoms with E-state index < -0.39 is 17.6 Å². The zero-order chi connectivity index (χ0) is 24.8. The van der Waals surface area contributed by atoms with E-state index in [2.05, 4.69) is 4.98 Å². The van der Waals surface area contributed by atoms with Crippen LogP contribution in [0.2, 0.25) is 0 Å². The first-order chi connectivity index (χ1) is 17.5. The number of halogens is 2. The number of aromatic nitrogens is 1. The van der Waals surface area contributed by atoms with Crippen LogP contribution in [0.15, 0.2) is 48.5 Å². The lowest BCUT2D eigenvalue weighted by Crippen LogP contribution is -2.15. The molecule has 0 fully saturated rings. The van der Waals surface area contributed by atoms with E-state index in [1.165, 1.54) is 19.2 Å². The molecule has 1 aromatic heterocycles. The maximum Gasteiger partial charge on any atom is 0.341 e. The molecule has 0 aliphatic carbocycles. The molecule has 6 rings (SSSR count). The molecule has 2 aliphatic rings. The highest BCUT2D eigenvalue weighted by Crippen LogP contribution is 2.43. The first-order valence-electron chi connectivity index (χ1n) is 11.2. The maximum absolute atomic E-state index is 14.1. The molecule has 0 N–H and O–H groups in total. The van der Waals surface area contributed by atoms with Crippen LogP contribution >= 0.6 is 0 Å². The average molecular weight is 491 g/mol. The molecule has 36 heavy (non-hydrogen) atoms. The van der Waals surface area contributed by atoms with E-state index in [-0.39, 0.29) is 18.8 Å². The predicted octanol–water partition coefficient (Wildman–Crippen LogP) is 5.21. The summed E-state index contributed by atoms with van der Waals surface area (Å²) in [4.78, 5) is 17.3. The zero-order valence-corrected chi connectivity index (χ0v) is 19.1. The smallest absolute Gasteiger partial charge is 0.341 e. The number of benzene rings is 3. The van der Waals surface area contributed by atoms with Gasteiger partial charge in [-0.15, -0.1) is 0 Å². The molecule has 0 saturated heterocycles. The number of methoxy groups -OCH3 is 1. The lowest BCUT2D eigenvalue weighted by atomic mass is 9.94. The fourth-order valence-corrected chi connectivity index (χ4v) is 4.44. The van der Waals surface area contributed by atoms with Crippen LogP contribution in [0.3, 0.4) is 0 Å². The van der Waals surface area contributed by atoms with Gasteiger partial charge < -0.3 is 23.7 Å². The highest BCUT2D eigenvalue weighted by molar-refractivity contribution is 6.09. The summed E-state index contributed by atoms with van der Waals surface area (Å²) in [5.41, 5.74) is 2.79. The second-order valence-corrected chi connectivity index (χ2v) is 8.26. The van der Waals surface area contributed by atoms with Crippen LogP contribution in [0.25, 0.3) is 22.0 Å². The van der Waals surface area contributed by atoms with Crippen LogP contribution in [-0.2, 0) is 18.0 Å². The standard InChI is InChI=1S/C27H19F2NO6/c1-32-21-10-16-18(11-23(21)35-12-15-3-2-4-17(28)26(15)29)30-19-13-36-27(31)25(19)24(16)14-5-6-20-22(9-14)34-8-7-33-20/h2-6,9-11H,7-8,12-13H2,1H3. The number of carbonyl (C=O) groups excluding carboxylic acids is 1. The second-order valence-electron chi connectivity index (χ2n) is 8.26. The topological polar surface area (TPSA) is 76.1 Å². The van der Waals surface area contributed by atoms with E-state index in [9.17, 15) is 13.6 Å². The van der Waals surface area contributed by atoms with Crippen LogP contribution in [-0.4, -0.2) is 31.3 Å². The molecule has 0 amide bonds. The van der Waals surface area contributed by atoms with E-state index in [0.717, 1.165) is 11.6 Å². The molecule has 2 aliphatic heterocycles. The Balaban J connectivity index is 1.49. The Labute approximate surface area is 204 Å². The number of nitrogens with zero attached hydrogens (tertiary/aromatic N) is 1. The summed E-state index contributed by atoms with van der Waals surface area (Å²) < 4.78 is 55.7. The van der Waals surface area contributed by atoms with Crippen molar-refractivity contribution in [1.82, 2.24) is 4.98 Å². The number of hydrogen-bond donors (Lipinski definition) is 0. The Bertz CT molecular complexity index is 1540. The molecule has 0 radical (unpaired) electrons. The number of rotatable bonds is 5. The minimum Gasteiger partial charge on any atom is -0.493 e. The summed E-state index contributed by atoms with van der Waals surface area (Å²) >= 11 is 0. The van der Waals surface area contributed by atoms with Crippen LogP contribution < -0.4 is 18.9 Å². The molecule has 0 unspecified atom stereocenters. The van der Waals surface area contributed by atoms with E-state index in [4.69, 9.17) is 23.7 Å². The van der Waals surface area contributed by atoms with Crippen molar-refractivity contribution in [2.45, 2.75) is 13.2 Å². The third-order valence-corrected chi connectivity index (χ3v) is 6.13. The average Bonchev–Trinajstić information content (AvgIpc) is 3.27. The van der Waals surface area contributed by atoms with Crippen molar-refractivity contribution in [3.05, 3.63) is 77.0 Å². The summed E-state index contributed by atoms with van der Waals surface area (Å²) in [5.74, 6) is -0.554. The van der Waals surface area contributed by atoms with Crippen molar-refractivity contribution in [3.8, 4) is 34.1 Å². The van der Waals surface area contributed by atoms with Crippen molar-refractivity contribution >= 4 is 16.9 Å². The van der Waals surface area contributed by atoms with Gasteiger partial charge in [0.2, 0.25) is 0 Å². The van der Waals surface area contributed by atoms with E-state index in [1.807, 2.05) is 12.1 Å². The van der Waals surface area contributed by atoms with Crippen molar-refractivity contribution < 1.29 is 37.3 Å². The molecule has 3 aromatic carbocycles. The largest absolute Gasteiger partial charge is 0.493 e. The molecule has 4 aromatic rings. The molecule has 0 saturated carbocycles. The molecule has 0 bridgehead atoms. The van der Waals surface area contributed by atoms with E-state index >= 15 is 0 Å². The number of hydrogen-bond acceptors (Lipinski definition) is 7. The molecule has 3 heterocycles. The summed E-state index contributed by atoms with van der Waals surface area (Å²) in [5, 5.41) is 0.630. The van der Waals surface area contributed by atoms with Gasteiger partial charge in [-0.25, -0.2) is 18.6 Å². The molecule has 0 atom stereocenters. The normalized spacial score (nSPS) is 13.9. The monoisotopic (exact) mass is 491 g/mol. The summed E-state index contributed by atoms with van der Waals surface area (Å²) in [6.07, 6.45) is 0. The number of pyridine rings is 1. The summed E-state index contributed by atoms with van der Waals surface area (Å²) in [6, 6.07) is 12.7. The highest BCUT2D eigenvalue weighted by atomic mass is 19.2. The molecule has 7 nitrogen and oxygen atoms in total. The van der Waals surface area contributed by atoms with Gasteiger partial charge >= 0.3 is 5.97 Å². The fraction of sp³-hybridized carbons (Fsp3) is 0.185. The molecule has 9 heteroatoms. The van der Waals surface area contributed by atoms with E-state index in [1.54, 1.807) is 18.2 Å².